The number of carbonyl (C=O) groups is 3. The first-order valence-electron chi connectivity index (χ1n) is 14.7. The Morgan fingerprint density at radius 1 is 0.956 bits per heavy atom. The molecule has 1 atom stereocenters. The van der Waals surface area contributed by atoms with E-state index >= 15 is 0 Å². The van der Waals surface area contributed by atoms with E-state index in [2.05, 4.69) is 0 Å². The van der Waals surface area contributed by atoms with Gasteiger partial charge in [0.1, 0.15) is 0 Å². The van der Waals surface area contributed by atoms with Crippen molar-refractivity contribution in [1.29, 1.82) is 0 Å². The Labute approximate surface area is 264 Å². The molecule has 1 fully saturated rings. The van der Waals surface area contributed by atoms with Crippen LogP contribution in [0.15, 0.2) is 84.1 Å². The number of benzene rings is 3. The maximum Gasteiger partial charge on any atom is 0.416 e. The maximum absolute atomic E-state index is 13.4. The molecular weight excluding hydrogens is 607 g/mol. The van der Waals surface area contributed by atoms with Crippen molar-refractivity contribution in [2.45, 2.75) is 38.9 Å². The Morgan fingerprint density at radius 3 is 2.31 bits per heavy atom. The second-order valence-electron chi connectivity index (χ2n) is 11.0. The highest BCUT2D eigenvalue weighted by Crippen LogP contribution is 2.38. The molecule has 2 aliphatic rings. The van der Waals surface area contributed by atoms with Gasteiger partial charge in [0.15, 0.2) is 0 Å². The highest BCUT2D eigenvalue weighted by atomic mass is 35.5. The van der Waals surface area contributed by atoms with Crippen LogP contribution in [0.1, 0.15) is 53.2 Å². The van der Waals surface area contributed by atoms with Gasteiger partial charge in [0.05, 0.1) is 24.3 Å². The van der Waals surface area contributed by atoms with Gasteiger partial charge in [0.2, 0.25) is 5.91 Å². The summed E-state index contributed by atoms with van der Waals surface area (Å²) in [7, 11) is 0. The normalized spacial score (nSPS) is 17.5. The molecule has 0 radical (unpaired) electrons. The van der Waals surface area contributed by atoms with E-state index in [9.17, 15) is 27.6 Å². The van der Waals surface area contributed by atoms with Crippen molar-refractivity contribution < 1.29 is 32.3 Å². The maximum atomic E-state index is 13.4. The predicted molar refractivity (Wildman–Crippen MR) is 165 cm³/mol. The molecule has 5 rings (SSSR count). The molecule has 0 saturated carbocycles. The van der Waals surface area contributed by atoms with E-state index in [0.717, 1.165) is 17.7 Å². The molecule has 45 heavy (non-hydrogen) atoms. The minimum absolute atomic E-state index is 0.0713. The minimum atomic E-state index is -4.43. The number of ether oxygens (including phenoxy) is 1. The number of hydrogen-bond acceptors (Lipinski definition) is 5. The molecule has 2 amide bonds. The lowest BCUT2D eigenvalue weighted by Gasteiger charge is -2.36. The molecule has 2 aliphatic heterocycles. The van der Waals surface area contributed by atoms with Crippen molar-refractivity contribution in [3.63, 3.8) is 0 Å². The Hall–Kier alpha value is -4.31. The van der Waals surface area contributed by atoms with E-state index in [1.54, 1.807) is 72.2 Å². The number of amides is 2. The van der Waals surface area contributed by atoms with E-state index in [1.807, 2.05) is 11.0 Å². The molecule has 1 unspecified atom stereocenters. The summed E-state index contributed by atoms with van der Waals surface area (Å²) in [6, 6.07) is 19.2. The van der Waals surface area contributed by atoms with Gasteiger partial charge in [-0.15, -0.1) is 0 Å². The summed E-state index contributed by atoms with van der Waals surface area (Å²) in [5.74, 6) is -1.33. The molecule has 0 N–H and O–H groups in total. The number of piperazine rings is 1. The van der Waals surface area contributed by atoms with Crippen molar-refractivity contribution in [3.05, 3.63) is 111 Å². The summed E-state index contributed by atoms with van der Waals surface area (Å²) < 4.78 is 44.9. The zero-order valence-electron chi connectivity index (χ0n) is 24.9. The molecule has 1 saturated heterocycles. The summed E-state index contributed by atoms with van der Waals surface area (Å²) in [5.41, 5.74) is 2.60. The van der Waals surface area contributed by atoms with Crippen LogP contribution in [-0.4, -0.2) is 60.4 Å². The fourth-order valence-corrected chi connectivity index (χ4v) is 6.00. The number of allylic oxidation sites excluding steroid dienone is 1. The predicted octanol–water partition coefficient (Wildman–Crippen LogP) is 6.67. The SMILES string of the molecule is CCOC(=O)C1=C(C)N(Cc2cccc(C(=O)N3CCN(c4cccc(C(F)(F)F)c4)CC3)c2)C(=O)CC1c1ccc(Cl)cc1. The van der Waals surface area contributed by atoms with Crippen molar-refractivity contribution in [2.75, 3.05) is 37.7 Å². The summed E-state index contributed by atoms with van der Waals surface area (Å²) in [6.45, 7) is 5.28. The van der Waals surface area contributed by atoms with Gasteiger partial charge in [0.25, 0.3) is 5.91 Å². The standard InChI is InChI=1S/C34H33ClF3N3O4/c1-3-45-33(44)31-22(2)41(30(42)20-29(31)24-10-12-27(35)13-11-24)21-23-6-4-7-25(18-23)32(43)40-16-14-39(15-17-40)28-9-5-8-26(19-28)34(36,37)38/h4-13,18-19,29H,3,14-17,20-21H2,1-2H3. The molecule has 3 aromatic carbocycles. The Balaban J connectivity index is 1.31. The number of halogens is 4. The Bertz CT molecular complexity index is 1620. The van der Waals surface area contributed by atoms with Crippen LogP contribution >= 0.6 is 11.6 Å². The van der Waals surface area contributed by atoms with E-state index in [-0.39, 0.29) is 31.4 Å². The van der Waals surface area contributed by atoms with Crippen LogP contribution in [0.25, 0.3) is 0 Å². The number of anilines is 1. The minimum Gasteiger partial charge on any atom is -0.463 e. The fourth-order valence-electron chi connectivity index (χ4n) is 5.87. The molecule has 11 heteroatoms. The second kappa shape index (κ2) is 13.4. The largest absolute Gasteiger partial charge is 0.463 e. The van der Waals surface area contributed by atoms with Crippen molar-refractivity contribution in [1.82, 2.24) is 9.80 Å². The average Bonchev–Trinajstić information content (AvgIpc) is 3.03. The third-order valence-corrected chi connectivity index (χ3v) is 8.46. The van der Waals surface area contributed by atoms with E-state index in [1.165, 1.54) is 6.07 Å². The first-order valence-corrected chi connectivity index (χ1v) is 15.1. The van der Waals surface area contributed by atoms with Gasteiger partial charge in [-0.25, -0.2) is 4.79 Å². The Kier molecular flexibility index (Phi) is 9.53. The van der Waals surface area contributed by atoms with Crippen LogP contribution in [-0.2, 0) is 27.0 Å². The molecular formula is C34H33ClF3N3O4. The van der Waals surface area contributed by atoms with Gasteiger partial charge >= 0.3 is 12.1 Å². The number of rotatable bonds is 7. The topological polar surface area (TPSA) is 70.2 Å². The van der Waals surface area contributed by atoms with Crippen LogP contribution in [0.2, 0.25) is 5.02 Å². The first-order chi connectivity index (χ1) is 21.5. The summed E-state index contributed by atoms with van der Waals surface area (Å²) >= 11 is 6.06. The van der Waals surface area contributed by atoms with Crippen LogP contribution in [0.5, 0.6) is 0 Å². The molecule has 0 spiro atoms. The monoisotopic (exact) mass is 639 g/mol. The van der Waals surface area contributed by atoms with Gasteiger partial charge in [-0.1, -0.05) is 41.9 Å². The fraction of sp³-hybridized carbons (Fsp3) is 0.324. The van der Waals surface area contributed by atoms with Crippen LogP contribution in [0.4, 0.5) is 18.9 Å². The zero-order valence-corrected chi connectivity index (χ0v) is 25.7. The average molecular weight is 640 g/mol. The number of nitrogens with zero attached hydrogens (tertiary/aromatic N) is 3. The molecule has 7 nitrogen and oxygen atoms in total. The van der Waals surface area contributed by atoms with Crippen molar-refractivity contribution in [2.24, 2.45) is 0 Å². The second-order valence-corrected chi connectivity index (χ2v) is 11.5. The van der Waals surface area contributed by atoms with Crippen LogP contribution in [0, 0.1) is 0 Å². The van der Waals surface area contributed by atoms with Gasteiger partial charge in [-0.2, -0.15) is 13.2 Å². The molecule has 0 bridgehead atoms. The number of hydrogen-bond donors (Lipinski definition) is 0. The molecule has 3 aromatic rings. The van der Waals surface area contributed by atoms with E-state index in [4.69, 9.17) is 16.3 Å². The number of esters is 1. The summed E-state index contributed by atoms with van der Waals surface area (Å²) in [6.07, 6.45) is -4.35. The third kappa shape index (κ3) is 7.17. The van der Waals surface area contributed by atoms with Gasteiger partial charge in [0, 0.05) is 60.5 Å². The zero-order chi connectivity index (χ0) is 32.3. The third-order valence-electron chi connectivity index (χ3n) is 8.21. The van der Waals surface area contributed by atoms with Gasteiger partial charge in [-0.3, -0.25) is 9.59 Å². The lowest BCUT2D eigenvalue weighted by molar-refractivity contribution is -0.140. The number of carbonyl (C=O) groups excluding carboxylic acids is 3. The van der Waals surface area contributed by atoms with E-state index < -0.39 is 23.6 Å². The Morgan fingerprint density at radius 2 is 1.64 bits per heavy atom. The molecule has 236 valence electrons. The molecule has 0 aliphatic carbocycles. The van der Waals surface area contributed by atoms with Crippen LogP contribution < -0.4 is 4.90 Å². The summed E-state index contributed by atoms with van der Waals surface area (Å²) in [5, 5.41) is 0.549. The van der Waals surface area contributed by atoms with Crippen molar-refractivity contribution in [3.8, 4) is 0 Å². The molecule has 0 aromatic heterocycles. The highest BCUT2D eigenvalue weighted by Gasteiger charge is 2.37. The van der Waals surface area contributed by atoms with Gasteiger partial charge < -0.3 is 19.4 Å². The van der Waals surface area contributed by atoms with Gasteiger partial charge in [-0.05, 0) is 67.4 Å². The van der Waals surface area contributed by atoms with Crippen molar-refractivity contribution >= 4 is 35.1 Å². The first kappa shape index (κ1) is 32.1. The quantitative estimate of drug-likeness (QED) is 0.270. The molecule has 2 heterocycles. The smallest absolute Gasteiger partial charge is 0.416 e. The number of alkyl halides is 3. The lowest BCUT2D eigenvalue weighted by Crippen LogP contribution is -2.48. The van der Waals surface area contributed by atoms with Crippen LogP contribution in [0.3, 0.4) is 0 Å². The summed E-state index contributed by atoms with van der Waals surface area (Å²) in [4.78, 5) is 45.1. The lowest BCUT2D eigenvalue weighted by atomic mass is 9.83. The van der Waals surface area contributed by atoms with E-state index in [0.29, 0.717) is 59.3 Å². The highest BCUT2D eigenvalue weighted by molar-refractivity contribution is 6.30.